The van der Waals surface area contributed by atoms with Gasteiger partial charge in [0.2, 0.25) is 0 Å². The van der Waals surface area contributed by atoms with Crippen LogP contribution in [-0.2, 0) is 6.42 Å². The summed E-state index contributed by atoms with van der Waals surface area (Å²) < 4.78 is 9.39. The molecule has 120 valence electrons. The van der Waals surface area contributed by atoms with Crippen molar-refractivity contribution >= 4 is 17.4 Å². The van der Waals surface area contributed by atoms with Crippen LogP contribution in [0.5, 0.6) is 0 Å². The third kappa shape index (κ3) is 3.72. The molecule has 0 aliphatic carbocycles. The van der Waals surface area contributed by atoms with Crippen LogP contribution in [0.2, 0.25) is 0 Å². The fraction of sp³-hybridized carbons (Fsp3) is 0.533. The van der Waals surface area contributed by atoms with Crippen molar-refractivity contribution in [2.75, 3.05) is 19.6 Å². The molecule has 0 saturated carbocycles. The Labute approximate surface area is 134 Å². The Balaban J connectivity index is 2.07. The van der Waals surface area contributed by atoms with Crippen LogP contribution in [-0.4, -0.2) is 40.0 Å². The molecule has 0 bridgehead atoms. The molecule has 1 amide bonds. The van der Waals surface area contributed by atoms with Crippen molar-refractivity contribution in [3.63, 3.8) is 0 Å². The van der Waals surface area contributed by atoms with Crippen molar-refractivity contribution < 1.29 is 9.21 Å². The van der Waals surface area contributed by atoms with Crippen LogP contribution in [0.4, 0.5) is 0 Å². The van der Waals surface area contributed by atoms with Gasteiger partial charge in [0.05, 0.1) is 18.0 Å². The molecule has 2 aromatic heterocycles. The fourth-order valence-corrected chi connectivity index (χ4v) is 3.10. The first-order chi connectivity index (χ1) is 10.7. The molecular formula is C15H22N4O2S. The van der Waals surface area contributed by atoms with Crippen molar-refractivity contribution in [1.82, 2.24) is 19.8 Å². The number of aryl methyl sites for hydroxylation is 1. The van der Waals surface area contributed by atoms with Crippen LogP contribution < -0.4 is 5.32 Å². The summed E-state index contributed by atoms with van der Waals surface area (Å²) in [5.74, 6) is 0.748. The molecule has 6 nitrogen and oxygen atoms in total. The van der Waals surface area contributed by atoms with Gasteiger partial charge in [-0.05, 0) is 43.2 Å². The van der Waals surface area contributed by atoms with E-state index in [0.717, 1.165) is 36.1 Å². The Morgan fingerprint density at radius 2 is 2.18 bits per heavy atom. The third-order valence-corrected chi connectivity index (χ3v) is 4.44. The molecule has 0 aromatic carbocycles. The number of nitrogens with zero attached hydrogens (tertiary/aromatic N) is 3. The zero-order valence-electron chi connectivity index (χ0n) is 13.2. The van der Waals surface area contributed by atoms with Gasteiger partial charge < -0.3 is 9.73 Å². The lowest BCUT2D eigenvalue weighted by Crippen LogP contribution is -2.37. The minimum atomic E-state index is -0.115. The fourth-order valence-electron chi connectivity index (χ4n) is 2.44. The molecule has 0 radical (unpaired) electrons. The summed E-state index contributed by atoms with van der Waals surface area (Å²) in [6, 6.07) is 3.84. The van der Waals surface area contributed by atoms with Crippen molar-refractivity contribution in [2.45, 2.75) is 33.2 Å². The number of furan rings is 1. The van der Waals surface area contributed by atoms with Crippen LogP contribution in [0.3, 0.4) is 0 Å². The molecule has 22 heavy (non-hydrogen) atoms. The smallest absolute Gasteiger partial charge is 0.265 e. The van der Waals surface area contributed by atoms with Crippen LogP contribution in [0.25, 0.3) is 0 Å². The minimum absolute atomic E-state index is 0.0277. The second kappa shape index (κ2) is 8.05. The molecule has 0 fully saturated rings. The number of carbonyl (C=O) groups excluding carboxylic acids is 1. The number of hydrogen-bond donors (Lipinski definition) is 1. The van der Waals surface area contributed by atoms with Gasteiger partial charge in [-0.25, -0.2) is 0 Å². The van der Waals surface area contributed by atoms with Crippen molar-refractivity contribution in [3.05, 3.63) is 34.7 Å². The number of nitrogens with one attached hydrogen (secondary N) is 1. The van der Waals surface area contributed by atoms with Gasteiger partial charge >= 0.3 is 0 Å². The van der Waals surface area contributed by atoms with Crippen LogP contribution in [0, 0.1) is 0 Å². The summed E-state index contributed by atoms with van der Waals surface area (Å²) in [7, 11) is 0. The number of hydrogen-bond acceptors (Lipinski definition) is 6. The number of aromatic nitrogens is 2. The molecule has 1 N–H and O–H groups in total. The highest BCUT2D eigenvalue weighted by Crippen LogP contribution is 2.20. The standard InChI is InChI=1S/C15H22N4O2S/c1-4-11-14(22-18-17-11)15(20)16-10-12(19(5-2)6-3)13-8-7-9-21-13/h7-9,12H,4-6,10H2,1-3H3,(H,16,20)/t12-/m0/s1. The molecule has 0 spiro atoms. The SMILES string of the molecule is CCc1nnsc1C(=O)NC[C@@H](c1ccco1)N(CC)CC. The normalized spacial score (nSPS) is 12.5. The van der Waals surface area contributed by atoms with Gasteiger partial charge in [0.1, 0.15) is 10.6 Å². The minimum Gasteiger partial charge on any atom is -0.468 e. The maximum Gasteiger partial charge on any atom is 0.265 e. The van der Waals surface area contributed by atoms with Crippen molar-refractivity contribution in [3.8, 4) is 0 Å². The van der Waals surface area contributed by atoms with Gasteiger partial charge in [0.25, 0.3) is 5.91 Å². The second-order valence-electron chi connectivity index (χ2n) is 4.86. The van der Waals surface area contributed by atoms with Crippen molar-refractivity contribution in [2.24, 2.45) is 0 Å². The Morgan fingerprint density at radius 1 is 1.41 bits per heavy atom. The molecule has 0 saturated heterocycles. The second-order valence-corrected chi connectivity index (χ2v) is 5.62. The molecule has 0 aliphatic rings. The largest absolute Gasteiger partial charge is 0.468 e. The summed E-state index contributed by atoms with van der Waals surface area (Å²) in [5.41, 5.74) is 0.750. The lowest BCUT2D eigenvalue weighted by atomic mass is 10.1. The molecule has 2 rings (SSSR count). The Bertz CT molecular complexity index is 578. The zero-order chi connectivity index (χ0) is 15.9. The lowest BCUT2D eigenvalue weighted by molar-refractivity contribution is 0.0932. The van der Waals surface area contributed by atoms with E-state index in [4.69, 9.17) is 4.42 Å². The van der Waals surface area contributed by atoms with Gasteiger partial charge in [0, 0.05) is 6.54 Å². The number of carbonyl (C=O) groups is 1. The zero-order valence-corrected chi connectivity index (χ0v) is 14.0. The van der Waals surface area contributed by atoms with E-state index >= 15 is 0 Å². The quantitative estimate of drug-likeness (QED) is 0.808. The van der Waals surface area contributed by atoms with E-state index < -0.39 is 0 Å². The molecule has 1 atom stereocenters. The first-order valence-electron chi connectivity index (χ1n) is 7.58. The lowest BCUT2D eigenvalue weighted by Gasteiger charge is -2.28. The molecular weight excluding hydrogens is 300 g/mol. The van der Waals surface area contributed by atoms with Crippen LogP contribution in [0.1, 0.15) is 47.9 Å². The summed E-state index contributed by atoms with van der Waals surface area (Å²) >= 11 is 1.14. The van der Waals surface area contributed by atoms with Crippen molar-refractivity contribution in [1.29, 1.82) is 0 Å². The Morgan fingerprint density at radius 3 is 2.77 bits per heavy atom. The van der Waals surface area contributed by atoms with E-state index in [0.29, 0.717) is 17.8 Å². The molecule has 0 unspecified atom stereocenters. The van der Waals surface area contributed by atoms with Gasteiger partial charge in [-0.15, -0.1) is 5.10 Å². The highest BCUT2D eigenvalue weighted by molar-refractivity contribution is 7.08. The van der Waals surface area contributed by atoms with E-state index in [9.17, 15) is 4.79 Å². The van der Waals surface area contributed by atoms with Gasteiger partial charge in [-0.1, -0.05) is 25.3 Å². The van der Waals surface area contributed by atoms with Crippen LogP contribution in [0.15, 0.2) is 22.8 Å². The highest BCUT2D eigenvalue weighted by Gasteiger charge is 2.23. The van der Waals surface area contributed by atoms with Gasteiger partial charge in [-0.3, -0.25) is 9.69 Å². The Hall–Kier alpha value is -1.73. The maximum absolute atomic E-state index is 12.3. The molecule has 2 heterocycles. The highest BCUT2D eigenvalue weighted by atomic mass is 32.1. The average Bonchev–Trinajstić information content (AvgIpc) is 3.21. The summed E-state index contributed by atoms with van der Waals surface area (Å²) in [5, 5.41) is 6.97. The van der Waals surface area contributed by atoms with Crippen LogP contribution >= 0.6 is 11.5 Å². The topological polar surface area (TPSA) is 71.3 Å². The first-order valence-corrected chi connectivity index (χ1v) is 8.35. The summed E-state index contributed by atoms with van der Waals surface area (Å²) in [6.07, 6.45) is 2.37. The van der Waals surface area contributed by atoms with Gasteiger partial charge in [-0.2, -0.15) is 0 Å². The van der Waals surface area contributed by atoms with E-state index in [1.54, 1.807) is 6.26 Å². The predicted molar refractivity (Wildman–Crippen MR) is 86.0 cm³/mol. The number of rotatable bonds is 8. The van der Waals surface area contributed by atoms with E-state index in [-0.39, 0.29) is 11.9 Å². The molecule has 0 aliphatic heterocycles. The summed E-state index contributed by atoms with van der Waals surface area (Å²) in [6.45, 7) is 8.44. The van der Waals surface area contributed by atoms with E-state index in [1.165, 1.54) is 0 Å². The monoisotopic (exact) mass is 322 g/mol. The first kappa shape index (κ1) is 16.6. The summed E-state index contributed by atoms with van der Waals surface area (Å²) in [4.78, 5) is 15.2. The number of likely N-dealkylation sites (N-methyl/N-ethyl adjacent to an activating group) is 1. The maximum atomic E-state index is 12.3. The Kier molecular flexibility index (Phi) is 6.09. The number of amides is 1. The third-order valence-electron chi connectivity index (χ3n) is 3.68. The molecule has 7 heteroatoms. The van der Waals surface area contributed by atoms with E-state index in [1.807, 2.05) is 19.1 Å². The molecule has 2 aromatic rings. The van der Waals surface area contributed by atoms with Gasteiger partial charge in [0.15, 0.2) is 0 Å². The van der Waals surface area contributed by atoms with E-state index in [2.05, 4.69) is 33.7 Å². The average molecular weight is 322 g/mol. The predicted octanol–water partition coefficient (Wildman–Crippen LogP) is 2.51.